The van der Waals surface area contributed by atoms with Crippen molar-refractivity contribution < 1.29 is 9.53 Å². The molecule has 1 aliphatic rings. The number of hydrogen-bond acceptors (Lipinski definition) is 4. The topological polar surface area (TPSA) is 67.3 Å². The molecule has 0 amide bonds. The molecule has 2 atom stereocenters. The molecule has 2 heterocycles. The normalized spacial score (nSPS) is 19.5. The van der Waals surface area contributed by atoms with Gasteiger partial charge in [0.15, 0.2) is 5.82 Å². The summed E-state index contributed by atoms with van der Waals surface area (Å²) in [6, 6.07) is 7.57. The number of hydrogen-bond donors (Lipinski definition) is 1. The summed E-state index contributed by atoms with van der Waals surface area (Å²) in [7, 11) is 0. The van der Waals surface area contributed by atoms with Crippen molar-refractivity contribution in [1.82, 2.24) is 10.2 Å². The lowest BCUT2D eigenvalue weighted by Crippen LogP contribution is -2.34. The van der Waals surface area contributed by atoms with Crippen LogP contribution in [0.4, 0.5) is 5.82 Å². The van der Waals surface area contributed by atoms with Crippen LogP contribution in [0.1, 0.15) is 43.7 Å². The number of H-pyrrole nitrogens is 1. The summed E-state index contributed by atoms with van der Waals surface area (Å²) < 4.78 is 5.35. The fourth-order valence-electron chi connectivity index (χ4n) is 3.20. The predicted molar refractivity (Wildman–Crippen MR) is 94.0 cm³/mol. The molecule has 0 saturated carbocycles. The van der Waals surface area contributed by atoms with E-state index < -0.39 is 5.92 Å². The molecule has 6 heteroatoms. The Kier molecular flexibility index (Phi) is 5.00. The van der Waals surface area contributed by atoms with Gasteiger partial charge in [-0.05, 0) is 31.0 Å². The average Bonchev–Trinajstić information content (AvgIpc) is 3.03. The molecule has 0 saturated heterocycles. The third-order valence-electron chi connectivity index (χ3n) is 4.21. The van der Waals surface area contributed by atoms with Gasteiger partial charge in [-0.25, -0.2) is 4.99 Å². The van der Waals surface area contributed by atoms with Crippen molar-refractivity contribution in [3.8, 4) is 0 Å². The smallest absolute Gasteiger partial charge is 0.315 e. The molecular weight excluding hydrogens is 326 g/mol. The van der Waals surface area contributed by atoms with Crippen molar-refractivity contribution in [3.63, 3.8) is 0 Å². The minimum absolute atomic E-state index is 0.172. The molecule has 0 aliphatic carbocycles. The number of esters is 1. The Morgan fingerprint density at radius 1 is 1.29 bits per heavy atom. The lowest BCUT2D eigenvalue weighted by molar-refractivity contribution is -0.146. The first-order valence-electron chi connectivity index (χ1n) is 8.18. The van der Waals surface area contributed by atoms with E-state index in [1.807, 2.05) is 31.2 Å². The molecule has 5 nitrogen and oxygen atoms in total. The van der Waals surface area contributed by atoms with Crippen molar-refractivity contribution in [2.24, 2.45) is 10.9 Å². The maximum absolute atomic E-state index is 12.7. The maximum atomic E-state index is 12.7. The first kappa shape index (κ1) is 16.7. The Labute approximate surface area is 146 Å². The molecule has 2 unspecified atom stereocenters. The van der Waals surface area contributed by atoms with Crippen molar-refractivity contribution in [2.45, 2.75) is 32.6 Å². The van der Waals surface area contributed by atoms with Crippen LogP contribution in [0.5, 0.6) is 0 Å². The van der Waals surface area contributed by atoms with Crippen molar-refractivity contribution in [1.29, 1.82) is 0 Å². The largest absolute Gasteiger partial charge is 0.465 e. The average molecular weight is 346 g/mol. The van der Waals surface area contributed by atoms with Crippen LogP contribution in [0.2, 0.25) is 5.02 Å². The molecule has 1 N–H and O–H groups in total. The molecule has 0 radical (unpaired) electrons. The number of aromatic amines is 1. The lowest BCUT2D eigenvalue weighted by atomic mass is 9.76. The third-order valence-corrected chi connectivity index (χ3v) is 4.46. The van der Waals surface area contributed by atoms with Gasteiger partial charge in [0.2, 0.25) is 0 Å². The van der Waals surface area contributed by atoms with Gasteiger partial charge in [0.1, 0.15) is 5.92 Å². The zero-order valence-electron chi connectivity index (χ0n) is 13.8. The quantitative estimate of drug-likeness (QED) is 0.823. The first-order chi connectivity index (χ1) is 11.7. The van der Waals surface area contributed by atoms with E-state index in [1.54, 1.807) is 6.20 Å². The van der Waals surface area contributed by atoms with Gasteiger partial charge in [0.05, 0.1) is 12.8 Å². The third kappa shape index (κ3) is 3.08. The van der Waals surface area contributed by atoms with Crippen LogP contribution in [0.25, 0.3) is 0 Å². The van der Waals surface area contributed by atoms with Gasteiger partial charge in [-0.15, -0.1) is 0 Å². The number of ether oxygens (including phenoxy) is 1. The Hall–Kier alpha value is -2.14. The second kappa shape index (κ2) is 7.18. The second-order valence-electron chi connectivity index (χ2n) is 5.79. The summed E-state index contributed by atoms with van der Waals surface area (Å²) in [5.41, 5.74) is 2.76. The summed E-state index contributed by atoms with van der Waals surface area (Å²) in [5, 5.41) is 7.72. The Balaban J connectivity index is 2.11. The lowest BCUT2D eigenvalue weighted by Gasteiger charge is -2.30. The summed E-state index contributed by atoms with van der Waals surface area (Å²) in [6.07, 6.45) is 3.39. The number of rotatable bonds is 5. The summed E-state index contributed by atoms with van der Waals surface area (Å²) in [6.45, 7) is 4.24. The van der Waals surface area contributed by atoms with Gasteiger partial charge in [0, 0.05) is 22.2 Å². The first-order valence-corrected chi connectivity index (χ1v) is 8.56. The molecular formula is C18H20ClN3O2. The van der Waals surface area contributed by atoms with E-state index in [9.17, 15) is 4.79 Å². The van der Waals surface area contributed by atoms with Gasteiger partial charge in [-0.3, -0.25) is 9.89 Å². The number of nitrogens with zero attached hydrogens (tertiary/aromatic N) is 2. The molecule has 1 aromatic heterocycles. The van der Waals surface area contributed by atoms with Gasteiger partial charge < -0.3 is 4.74 Å². The summed E-state index contributed by atoms with van der Waals surface area (Å²) >= 11 is 6.02. The van der Waals surface area contributed by atoms with Crippen LogP contribution in [-0.4, -0.2) is 28.5 Å². The standard InChI is InChI=1S/C18H20ClN3O2/c1-3-5-14-16(18(23)24-4-2)15(11-6-8-12(19)9-7-11)13-10-20-22-17(13)21-14/h6-10,15-16H,3-5H2,1-2H3,(H,20,22). The second-order valence-corrected chi connectivity index (χ2v) is 6.22. The number of benzene rings is 1. The van der Waals surface area contributed by atoms with Crippen LogP contribution < -0.4 is 0 Å². The highest BCUT2D eigenvalue weighted by molar-refractivity contribution is 6.30. The van der Waals surface area contributed by atoms with Gasteiger partial charge in [0.25, 0.3) is 0 Å². The van der Waals surface area contributed by atoms with Crippen LogP contribution in [0.3, 0.4) is 0 Å². The molecule has 2 aromatic rings. The fourth-order valence-corrected chi connectivity index (χ4v) is 3.33. The minimum atomic E-state index is -0.434. The van der Waals surface area contributed by atoms with E-state index >= 15 is 0 Å². The van der Waals surface area contributed by atoms with Crippen LogP contribution in [-0.2, 0) is 9.53 Å². The number of carbonyl (C=O) groups excluding carboxylic acids is 1. The number of halogens is 1. The maximum Gasteiger partial charge on any atom is 0.315 e. The zero-order valence-corrected chi connectivity index (χ0v) is 14.5. The Morgan fingerprint density at radius 2 is 2.04 bits per heavy atom. The van der Waals surface area contributed by atoms with E-state index in [0.29, 0.717) is 11.6 Å². The molecule has 0 fully saturated rings. The van der Waals surface area contributed by atoms with E-state index in [4.69, 9.17) is 16.3 Å². The minimum Gasteiger partial charge on any atom is -0.465 e. The molecule has 3 rings (SSSR count). The predicted octanol–water partition coefficient (Wildman–Crippen LogP) is 4.26. The Morgan fingerprint density at radius 3 is 2.71 bits per heavy atom. The monoisotopic (exact) mass is 345 g/mol. The highest BCUT2D eigenvalue weighted by atomic mass is 35.5. The summed E-state index contributed by atoms with van der Waals surface area (Å²) in [5.74, 6) is -0.124. The summed E-state index contributed by atoms with van der Waals surface area (Å²) in [4.78, 5) is 17.4. The highest BCUT2D eigenvalue weighted by Crippen LogP contribution is 2.42. The van der Waals surface area contributed by atoms with E-state index in [2.05, 4.69) is 22.1 Å². The molecule has 126 valence electrons. The van der Waals surface area contributed by atoms with E-state index in [0.717, 1.165) is 35.5 Å². The number of aliphatic imine (C=N–C) groups is 1. The van der Waals surface area contributed by atoms with Gasteiger partial charge in [-0.2, -0.15) is 5.10 Å². The molecule has 0 spiro atoms. The molecule has 1 aliphatic heterocycles. The van der Waals surface area contributed by atoms with Gasteiger partial charge >= 0.3 is 5.97 Å². The van der Waals surface area contributed by atoms with Crippen LogP contribution in [0, 0.1) is 5.92 Å². The number of carbonyl (C=O) groups is 1. The van der Waals surface area contributed by atoms with Crippen molar-refractivity contribution in [3.05, 3.63) is 46.6 Å². The molecule has 24 heavy (non-hydrogen) atoms. The highest BCUT2D eigenvalue weighted by Gasteiger charge is 2.40. The van der Waals surface area contributed by atoms with Crippen LogP contribution >= 0.6 is 11.6 Å². The zero-order chi connectivity index (χ0) is 17.1. The number of fused-ring (bicyclic) bond motifs is 1. The van der Waals surface area contributed by atoms with E-state index in [1.165, 1.54) is 0 Å². The Bertz CT molecular complexity index is 752. The van der Waals surface area contributed by atoms with Gasteiger partial charge in [-0.1, -0.05) is 37.1 Å². The van der Waals surface area contributed by atoms with Crippen molar-refractivity contribution >= 4 is 29.1 Å². The molecule has 1 aromatic carbocycles. The number of aromatic nitrogens is 2. The van der Waals surface area contributed by atoms with Crippen LogP contribution in [0.15, 0.2) is 35.5 Å². The number of nitrogens with one attached hydrogen (secondary N) is 1. The van der Waals surface area contributed by atoms with E-state index in [-0.39, 0.29) is 11.9 Å². The SMILES string of the molecule is CCCC1=Nc2[nH]ncc2C(c2ccc(Cl)cc2)C1C(=O)OCC. The molecule has 0 bridgehead atoms. The van der Waals surface area contributed by atoms with Crippen molar-refractivity contribution in [2.75, 3.05) is 6.61 Å². The fraction of sp³-hybridized carbons (Fsp3) is 0.389.